The number of carbonyl (C=O) groups excluding carboxylic acids is 7. The van der Waals surface area contributed by atoms with Crippen molar-refractivity contribution >= 4 is 40.7 Å². The Morgan fingerprint density at radius 2 is 0.982 bits per heavy atom. The van der Waals surface area contributed by atoms with Crippen LogP contribution in [-0.4, -0.2) is 117 Å². The average molecular weight is 753 g/mol. The van der Waals surface area contributed by atoms with Crippen LogP contribution >= 0.6 is 0 Å². The number of nitrogens with zero attached hydrogens (tertiary/aromatic N) is 2. The van der Waals surface area contributed by atoms with Crippen LogP contribution in [0.3, 0.4) is 0 Å². The van der Waals surface area contributed by atoms with Gasteiger partial charge in [-0.05, 0) is 6.92 Å². The van der Waals surface area contributed by atoms with E-state index in [2.05, 4.69) is 0 Å². The van der Waals surface area contributed by atoms with Gasteiger partial charge in [-0.2, -0.15) is 0 Å². The predicted molar refractivity (Wildman–Crippen MR) is 189 cm³/mol. The second-order valence-corrected chi connectivity index (χ2v) is 13.1. The normalized spacial score (nSPS) is 16.4. The number of Topliss-reactive ketones (excluding diaryl/α,β-unsaturated/α-hetero) is 1. The highest BCUT2D eigenvalue weighted by Crippen LogP contribution is 2.40. The van der Waals surface area contributed by atoms with E-state index in [1.807, 2.05) is 0 Å². The second kappa shape index (κ2) is 14.8. The number of methoxy groups -OCH3 is 2. The van der Waals surface area contributed by atoms with Gasteiger partial charge in [0.05, 0.1) is 43.1 Å². The number of morpholine rings is 2. The van der Waals surface area contributed by atoms with Crippen molar-refractivity contribution in [1.82, 2.24) is 9.80 Å². The van der Waals surface area contributed by atoms with Crippen molar-refractivity contribution in [2.45, 2.75) is 19.6 Å². The lowest BCUT2D eigenvalue weighted by atomic mass is 9.85. The Morgan fingerprint density at radius 3 is 1.40 bits per heavy atom. The van der Waals surface area contributed by atoms with E-state index < -0.39 is 46.5 Å². The fraction of sp³-hybridized carbons (Fsp3) is 0.325. The highest BCUT2D eigenvalue weighted by atomic mass is 16.7. The molecule has 4 heterocycles. The molecular formula is C40H36N2O13. The maximum absolute atomic E-state index is 13.4. The van der Waals surface area contributed by atoms with Crippen LogP contribution in [0.2, 0.25) is 0 Å². The molecule has 2 amide bonds. The number of rotatable bonds is 6. The molecule has 2 aliphatic heterocycles. The van der Waals surface area contributed by atoms with Gasteiger partial charge >= 0.3 is 0 Å². The molecule has 2 fully saturated rings. The first-order valence-corrected chi connectivity index (χ1v) is 17.5. The minimum absolute atomic E-state index is 0.000882. The molecule has 0 unspecified atom stereocenters. The summed E-state index contributed by atoms with van der Waals surface area (Å²) in [4.78, 5) is 93.6. The molecule has 2 saturated heterocycles. The summed E-state index contributed by atoms with van der Waals surface area (Å²) in [5, 5.41) is 0. The fourth-order valence-corrected chi connectivity index (χ4v) is 6.98. The molecule has 0 N–H and O–H groups in total. The molecule has 4 aromatic rings. The quantitative estimate of drug-likeness (QED) is 0.177. The largest absolute Gasteiger partial charge is 0.450 e. The monoisotopic (exact) mass is 752 g/mol. The first-order chi connectivity index (χ1) is 26.4. The smallest absolute Gasteiger partial charge is 0.258 e. The number of amides is 2. The van der Waals surface area contributed by atoms with E-state index in [0.717, 1.165) is 0 Å². The number of furan rings is 2. The van der Waals surface area contributed by atoms with Crippen molar-refractivity contribution in [3.05, 3.63) is 116 Å². The Labute approximate surface area is 314 Å². The van der Waals surface area contributed by atoms with Crippen molar-refractivity contribution in [3.8, 4) is 0 Å². The standard InChI is InChI=1S/C21H21NO7.C19H15NO6/c1-21(26-2,27-3)19-15(20(25)22-8-10-28-11-9-22)14-16(23)12-6-4-5-7-13(12)17(24)18(14)29-19;1-10(21)17-14(19(24)20-6-8-25-9-7-20)13-15(22)11-4-2-3-5-12(11)16(23)18(13)26-17/h4-7H,8-11H2,1-3H3;2-5H,6-9H2,1H3. The molecule has 2 aromatic carbocycles. The molecule has 284 valence electrons. The third kappa shape index (κ3) is 6.24. The highest BCUT2D eigenvalue weighted by molar-refractivity contribution is 6.32. The molecule has 8 rings (SSSR count). The number of carbonyl (C=O) groups is 7. The summed E-state index contributed by atoms with van der Waals surface area (Å²) in [5.74, 6) is -5.42. The van der Waals surface area contributed by atoms with E-state index in [4.69, 9.17) is 27.8 Å². The summed E-state index contributed by atoms with van der Waals surface area (Å²) in [6, 6.07) is 12.8. The number of ether oxygens (including phenoxy) is 4. The summed E-state index contributed by atoms with van der Waals surface area (Å²) in [6.45, 7) is 5.75. The van der Waals surface area contributed by atoms with Gasteiger partial charge in [0.25, 0.3) is 11.8 Å². The lowest BCUT2D eigenvalue weighted by Crippen LogP contribution is -2.42. The molecule has 2 aliphatic carbocycles. The molecular weight excluding hydrogens is 716 g/mol. The van der Waals surface area contributed by atoms with Crippen molar-refractivity contribution in [2.75, 3.05) is 66.8 Å². The zero-order valence-electron chi connectivity index (χ0n) is 30.5. The van der Waals surface area contributed by atoms with Crippen LogP contribution in [0.4, 0.5) is 0 Å². The van der Waals surface area contributed by atoms with Crippen molar-refractivity contribution in [3.63, 3.8) is 0 Å². The highest BCUT2D eigenvalue weighted by Gasteiger charge is 2.46. The summed E-state index contributed by atoms with van der Waals surface area (Å²) in [6.07, 6.45) is 0. The molecule has 0 radical (unpaired) electrons. The SMILES string of the molecule is CC(=O)c1oc2c(c1C(=O)N1CCOCC1)C(=O)c1ccccc1C2=O.COC(C)(OC)c1oc2c(c1C(=O)N1CCOCC1)C(=O)c1ccccc1C2=O. The van der Waals surface area contributed by atoms with Crippen LogP contribution in [0.5, 0.6) is 0 Å². The first-order valence-electron chi connectivity index (χ1n) is 17.5. The van der Waals surface area contributed by atoms with Gasteiger partial charge < -0.3 is 37.6 Å². The number of hydrogen-bond donors (Lipinski definition) is 0. The number of benzene rings is 2. The molecule has 15 nitrogen and oxygen atoms in total. The summed E-state index contributed by atoms with van der Waals surface area (Å²) >= 11 is 0. The van der Waals surface area contributed by atoms with Gasteiger partial charge in [-0.1, -0.05) is 48.5 Å². The van der Waals surface area contributed by atoms with Gasteiger partial charge in [0, 0.05) is 69.6 Å². The van der Waals surface area contributed by atoms with E-state index in [0.29, 0.717) is 52.6 Å². The van der Waals surface area contributed by atoms with Crippen LogP contribution < -0.4 is 0 Å². The molecule has 4 aliphatic rings. The Morgan fingerprint density at radius 1 is 0.600 bits per heavy atom. The lowest BCUT2D eigenvalue weighted by molar-refractivity contribution is -0.213. The van der Waals surface area contributed by atoms with Crippen molar-refractivity contribution in [2.24, 2.45) is 0 Å². The third-order valence-electron chi connectivity index (χ3n) is 10.1. The van der Waals surface area contributed by atoms with Gasteiger partial charge in [0.1, 0.15) is 5.56 Å². The first kappa shape index (κ1) is 37.4. The van der Waals surface area contributed by atoms with Gasteiger partial charge in [0.2, 0.25) is 17.4 Å². The molecule has 0 atom stereocenters. The number of ketones is 5. The average Bonchev–Trinajstić information content (AvgIpc) is 3.84. The zero-order valence-corrected chi connectivity index (χ0v) is 30.5. The summed E-state index contributed by atoms with van der Waals surface area (Å²) in [5.41, 5.74) is 0.618. The minimum Gasteiger partial charge on any atom is -0.450 e. The van der Waals surface area contributed by atoms with Gasteiger partial charge in [-0.15, -0.1) is 0 Å². The topological polar surface area (TPSA) is 189 Å². The molecule has 0 saturated carbocycles. The Balaban J connectivity index is 0.000000170. The molecule has 0 spiro atoms. The van der Waals surface area contributed by atoms with Crippen LogP contribution in [-0.2, 0) is 24.7 Å². The van der Waals surface area contributed by atoms with E-state index in [1.165, 1.54) is 38.2 Å². The lowest BCUT2D eigenvalue weighted by Gasteiger charge is -2.29. The van der Waals surface area contributed by atoms with Crippen LogP contribution in [0.1, 0.15) is 115 Å². The van der Waals surface area contributed by atoms with Crippen molar-refractivity contribution in [1.29, 1.82) is 0 Å². The van der Waals surface area contributed by atoms with E-state index in [-0.39, 0.29) is 67.5 Å². The Bertz CT molecular complexity index is 2280. The van der Waals surface area contributed by atoms with Gasteiger partial charge in [0.15, 0.2) is 40.4 Å². The molecule has 55 heavy (non-hydrogen) atoms. The van der Waals surface area contributed by atoms with Crippen LogP contribution in [0, 0.1) is 0 Å². The molecule has 2 aromatic heterocycles. The maximum atomic E-state index is 13.4. The van der Waals surface area contributed by atoms with Crippen LogP contribution in [0.25, 0.3) is 0 Å². The second-order valence-electron chi connectivity index (χ2n) is 13.1. The van der Waals surface area contributed by atoms with E-state index in [1.54, 1.807) is 48.2 Å². The van der Waals surface area contributed by atoms with Crippen LogP contribution in [0.15, 0.2) is 57.4 Å². The fourth-order valence-electron chi connectivity index (χ4n) is 6.98. The maximum Gasteiger partial charge on any atom is 0.258 e. The van der Waals surface area contributed by atoms with Crippen molar-refractivity contribution < 1.29 is 61.3 Å². The zero-order chi connectivity index (χ0) is 39.2. The molecule has 0 bridgehead atoms. The number of fused-ring (bicyclic) bond motifs is 4. The predicted octanol–water partition coefficient (Wildman–Crippen LogP) is 3.72. The van der Waals surface area contributed by atoms with E-state index >= 15 is 0 Å². The van der Waals surface area contributed by atoms with Gasteiger partial charge in [-0.25, -0.2) is 0 Å². The Kier molecular flexibility index (Phi) is 10.0. The Hall–Kier alpha value is -5.87. The van der Waals surface area contributed by atoms with Gasteiger partial charge in [-0.3, -0.25) is 33.6 Å². The minimum atomic E-state index is -1.46. The molecule has 15 heteroatoms. The van der Waals surface area contributed by atoms with E-state index in [9.17, 15) is 33.6 Å². The third-order valence-corrected chi connectivity index (χ3v) is 10.1. The summed E-state index contributed by atoms with van der Waals surface area (Å²) in [7, 11) is 2.79. The summed E-state index contributed by atoms with van der Waals surface area (Å²) < 4.78 is 32.7. The number of hydrogen-bond acceptors (Lipinski definition) is 13.